The van der Waals surface area contributed by atoms with Gasteiger partial charge in [-0.1, -0.05) is 6.92 Å². The van der Waals surface area contributed by atoms with Crippen LogP contribution in [0.25, 0.3) is 0 Å². The van der Waals surface area contributed by atoms with E-state index >= 15 is 0 Å². The molecule has 0 aliphatic heterocycles. The summed E-state index contributed by atoms with van der Waals surface area (Å²) in [6.45, 7) is 4.73. The predicted octanol–water partition coefficient (Wildman–Crippen LogP) is 1.27. The number of rotatable bonds is 6. The maximum Gasteiger partial charge on any atom is 0.233 e. The topological polar surface area (TPSA) is 81.6 Å². The van der Waals surface area contributed by atoms with Crippen LogP contribution in [0.5, 0.6) is 11.5 Å². The van der Waals surface area contributed by atoms with Crippen LogP contribution >= 0.6 is 0 Å². The molecule has 1 aromatic rings. The van der Waals surface area contributed by atoms with E-state index in [0.717, 1.165) is 12.0 Å². The molecule has 0 aliphatic rings. The van der Waals surface area contributed by atoms with Crippen molar-refractivity contribution in [3.63, 3.8) is 0 Å². The van der Waals surface area contributed by atoms with Gasteiger partial charge in [0.25, 0.3) is 0 Å². The second-order valence-electron chi connectivity index (χ2n) is 4.24. The van der Waals surface area contributed by atoms with Gasteiger partial charge in [-0.3, -0.25) is 4.79 Å². The van der Waals surface area contributed by atoms with Gasteiger partial charge in [0.05, 0.1) is 6.54 Å². The zero-order chi connectivity index (χ0) is 13.5. The Kier molecular flexibility index (Phi) is 5.45. The molecule has 0 radical (unpaired) electrons. The zero-order valence-corrected chi connectivity index (χ0v) is 10.7. The number of aromatic hydroxyl groups is 2. The van der Waals surface area contributed by atoms with Crippen LogP contribution in [0.15, 0.2) is 18.2 Å². The fraction of sp³-hybridized carbons (Fsp3) is 0.462. The summed E-state index contributed by atoms with van der Waals surface area (Å²) in [6, 6.07) is 4.25. The molecule has 0 saturated carbocycles. The van der Waals surface area contributed by atoms with Crippen LogP contribution in [0.2, 0.25) is 0 Å². The van der Waals surface area contributed by atoms with E-state index in [4.69, 9.17) is 0 Å². The number of carbonyl (C=O) groups is 1. The quantitative estimate of drug-likeness (QED) is 0.614. The molecule has 18 heavy (non-hydrogen) atoms. The van der Waals surface area contributed by atoms with Gasteiger partial charge in [0.2, 0.25) is 5.91 Å². The highest BCUT2D eigenvalue weighted by molar-refractivity contribution is 5.77. The Bertz CT molecular complexity index is 387. The Morgan fingerprint density at radius 1 is 1.28 bits per heavy atom. The molecular formula is C13H20N2O3. The maximum absolute atomic E-state index is 11.4. The molecule has 1 atom stereocenters. The third-order valence-corrected chi connectivity index (χ3v) is 2.57. The van der Waals surface area contributed by atoms with Crippen molar-refractivity contribution in [2.24, 2.45) is 0 Å². The Morgan fingerprint density at radius 3 is 2.44 bits per heavy atom. The van der Waals surface area contributed by atoms with Gasteiger partial charge in [0, 0.05) is 18.7 Å². The summed E-state index contributed by atoms with van der Waals surface area (Å²) in [6.07, 6.45) is 0.904. The standard InChI is InChI=1S/C13H20N2O3/c1-3-4-14-13(18)8-15-9(2)10-5-11(16)7-12(17)6-10/h5-7,9,15-17H,3-4,8H2,1-2H3,(H,14,18). The largest absolute Gasteiger partial charge is 0.508 e. The summed E-state index contributed by atoms with van der Waals surface area (Å²) in [4.78, 5) is 11.4. The lowest BCUT2D eigenvalue weighted by atomic mass is 10.1. The molecule has 0 saturated heterocycles. The summed E-state index contributed by atoms with van der Waals surface area (Å²) in [5.41, 5.74) is 0.732. The maximum atomic E-state index is 11.4. The van der Waals surface area contributed by atoms with E-state index < -0.39 is 0 Å². The molecule has 0 aliphatic carbocycles. The fourth-order valence-electron chi connectivity index (χ4n) is 1.56. The molecule has 5 heteroatoms. The molecule has 5 nitrogen and oxygen atoms in total. The van der Waals surface area contributed by atoms with Gasteiger partial charge >= 0.3 is 0 Å². The van der Waals surface area contributed by atoms with Gasteiger partial charge in [0.1, 0.15) is 11.5 Å². The minimum Gasteiger partial charge on any atom is -0.508 e. The van der Waals surface area contributed by atoms with Crippen molar-refractivity contribution < 1.29 is 15.0 Å². The summed E-state index contributed by atoms with van der Waals surface area (Å²) >= 11 is 0. The van der Waals surface area contributed by atoms with Crippen molar-refractivity contribution in [3.8, 4) is 11.5 Å². The zero-order valence-electron chi connectivity index (χ0n) is 10.7. The number of phenols is 2. The third-order valence-electron chi connectivity index (χ3n) is 2.57. The highest BCUT2D eigenvalue weighted by Crippen LogP contribution is 2.24. The van der Waals surface area contributed by atoms with E-state index in [1.165, 1.54) is 6.07 Å². The smallest absolute Gasteiger partial charge is 0.233 e. The second kappa shape index (κ2) is 6.86. The van der Waals surface area contributed by atoms with Gasteiger partial charge in [-0.05, 0) is 31.0 Å². The van der Waals surface area contributed by atoms with E-state index in [2.05, 4.69) is 10.6 Å². The van der Waals surface area contributed by atoms with Crippen molar-refractivity contribution >= 4 is 5.91 Å². The SMILES string of the molecule is CCCNC(=O)CNC(C)c1cc(O)cc(O)c1. The van der Waals surface area contributed by atoms with Crippen molar-refractivity contribution in [2.45, 2.75) is 26.3 Å². The van der Waals surface area contributed by atoms with E-state index in [-0.39, 0.29) is 30.0 Å². The molecule has 1 unspecified atom stereocenters. The first-order valence-corrected chi connectivity index (χ1v) is 6.06. The summed E-state index contributed by atoms with van der Waals surface area (Å²) < 4.78 is 0. The highest BCUT2D eigenvalue weighted by Gasteiger charge is 2.09. The number of phenolic OH excluding ortho intramolecular Hbond substituents is 2. The van der Waals surface area contributed by atoms with E-state index in [9.17, 15) is 15.0 Å². The van der Waals surface area contributed by atoms with E-state index in [0.29, 0.717) is 6.54 Å². The highest BCUT2D eigenvalue weighted by atomic mass is 16.3. The predicted molar refractivity (Wildman–Crippen MR) is 69.5 cm³/mol. The fourth-order valence-corrected chi connectivity index (χ4v) is 1.56. The molecule has 0 fully saturated rings. The minimum absolute atomic E-state index is 0.00841. The van der Waals surface area contributed by atoms with Crippen LogP contribution in [0.1, 0.15) is 31.9 Å². The molecule has 0 heterocycles. The Hall–Kier alpha value is -1.75. The summed E-state index contributed by atoms with van der Waals surface area (Å²) in [5, 5.41) is 24.5. The Labute approximate surface area is 107 Å². The average Bonchev–Trinajstić information content (AvgIpc) is 2.32. The van der Waals surface area contributed by atoms with Gasteiger partial charge in [-0.15, -0.1) is 0 Å². The Balaban J connectivity index is 2.49. The first kappa shape index (κ1) is 14.3. The number of nitrogens with one attached hydrogen (secondary N) is 2. The van der Waals surface area contributed by atoms with Crippen LogP contribution < -0.4 is 10.6 Å². The first-order chi connectivity index (χ1) is 8.52. The number of carbonyl (C=O) groups excluding carboxylic acids is 1. The first-order valence-electron chi connectivity index (χ1n) is 6.06. The van der Waals surface area contributed by atoms with Crippen molar-refractivity contribution in [1.82, 2.24) is 10.6 Å². The number of amides is 1. The minimum atomic E-state index is -0.129. The molecule has 0 bridgehead atoms. The van der Waals surface area contributed by atoms with E-state index in [1.54, 1.807) is 12.1 Å². The molecule has 1 rings (SSSR count). The van der Waals surface area contributed by atoms with Crippen LogP contribution in [-0.2, 0) is 4.79 Å². The van der Waals surface area contributed by atoms with Gasteiger partial charge < -0.3 is 20.8 Å². The van der Waals surface area contributed by atoms with Crippen molar-refractivity contribution in [2.75, 3.05) is 13.1 Å². The normalized spacial score (nSPS) is 12.1. The van der Waals surface area contributed by atoms with Crippen LogP contribution in [0.4, 0.5) is 0 Å². The summed E-state index contributed by atoms with van der Waals surface area (Å²) in [5.74, 6) is -0.0451. The molecule has 0 aromatic heterocycles. The number of hydrogen-bond acceptors (Lipinski definition) is 4. The molecule has 100 valence electrons. The number of hydrogen-bond donors (Lipinski definition) is 4. The molecule has 1 amide bonds. The van der Waals surface area contributed by atoms with Crippen LogP contribution in [0, 0.1) is 0 Å². The lowest BCUT2D eigenvalue weighted by Crippen LogP contribution is -2.35. The monoisotopic (exact) mass is 252 g/mol. The van der Waals surface area contributed by atoms with Gasteiger partial charge in [-0.2, -0.15) is 0 Å². The van der Waals surface area contributed by atoms with Crippen molar-refractivity contribution in [3.05, 3.63) is 23.8 Å². The van der Waals surface area contributed by atoms with Crippen LogP contribution in [0.3, 0.4) is 0 Å². The molecular weight excluding hydrogens is 232 g/mol. The lowest BCUT2D eigenvalue weighted by molar-refractivity contribution is -0.120. The third kappa shape index (κ3) is 4.63. The van der Waals surface area contributed by atoms with E-state index in [1.807, 2.05) is 13.8 Å². The Morgan fingerprint density at radius 2 is 1.89 bits per heavy atom. The lowest BCUT2D eigenvalue weighted by Gasteiger charge is -2.14. The second-order valence-corrected chi connectivity index (χ2v) is 4.24. The summed E-state index contributed by atoms with van der Waals surface area (Å²) in [7, 11) is 0. The average molecular weight is 252 g/mol. The van der Waals surface area contributed by atoms with Crippen LogP contribution in [-0.4, -0.2) is 29.2 Å². The molecule has 1 aromatic carbocycles. The molecule has 4 N–H and O–H groups in total. The number of benzene rings is 1. The van der Waals surface area contributed by atoms with Crippen molar-refractivity contribution in [1.29, 1.82) is 0 Å². The van der Waals surface area contributed by atoms with Gasteiger partial charge in [0.15, 0.2) is 0 Å². The van der Waals surface area contributed by atoms with Gasteiger partial charge in [-0.25, -0.2) is 0 Å². The molecule has 0 spiro atoms.